The number of carbonyl (C=O) groups excluding carboxylic acids is 1. The van der Waals surface area contributed by atoms with Crippen molar-refractivity contribution in [3.05, 3.63) is 87.8 Å². The van der Waals surface area contributed by atoms with Crippen LogP contribution in [0.2, 0.25) is 0 Å². The van der Waals surface area contributed by atoms with E-state index in [2.05, 4.69) is 15.2 Å². The van der Waals surface area contributed by atoms with Gasteiger partial charge in [0.15, 0.2) is 5.43 Å². The maximum absolute atomic E-state index is 15.0. The second kappa shape index (κ2) is 8.92. The molecule has 8 heteroatoms. The molecule has 0 unspecified atom stereocenters. The Morgan fingerprint density at radius 2 is 1.74 bits per heavy atom. The maximum Gasteiger partial charge on any atom is 0.255 e. The van der Waals surface area contributed by atoms with Gasteiger partial charge in [-0.25, -0.2) is 4.39 Å². The van der Waals surface area contributed by atoms with Gasteiger partial charge in [-0.3, -0.25) is 13.8 Å². The van der Waals surface area contributed by atoms with E-state index in [-0.39, 0.29) is 16.4 Å². The molecule has 6 nitrogen and oxygen atoms in total. The zero-order chi connectivity index (χ0) is 24.7. The molecule has 0 saturated carbocycles. The average Bonchev–Trinajstić information content (AvgIpc) is 2.84. The summed E-state index contributed by atoms with van der Waals surface area (Å²) in [7, 11) is -0.765. The Labute approximate surface area is 204 Å². The van der Waals surface area contributed by atoms with E-state index in [1.807, 2.05) is 38.1 Å². The number of para-hydroxylation sites is 1. The number of pyridine rings is 1. The average molecular weight is 492 g/mol. The molecule has 1 aliphatic rings. The summed E-state index contributed by atoms with van der Waals surface area (Å²) in [6.07, 6.45) is 0. The van der Waals surface area contributed by atoms with Crippen molar-refractivity contribution in [3.63, 3.8) is 0 Å². The molecule has 1 aliphatic heterocycles. The molecule has 35 heavy (non-hydrogen) atoms. The highest BCUT2D eigenvalue weighted by molar-refractivity contribution is 7.85. The number of hydrogen-bond donors (Lipinski definition) is 2. The molecular weight excluding hydrogens is 465 g/mol. The largest absolute Gasteiger partial charge is 0.370 e. The summed E-state index contributed by atoms with van der Waals surface area (Å²) in [5.74, 6) is -0.0322. The van der Waals surface area contributed by atoms with Crippen LogP contribution in [-0.4, -0.2) is 39.7 Å². The molecule has 1 amide bonds. The first-order valence-corrected chi connectivity index (χ1v) is 13.0. The van der Waals surface area contributed by atoms with Crippen LogP contribution in [0.3, 0.4) is 0 Å². The van der Waals surface area contributed by atoms with E-state index in [0.717, 1.165) is 30.4 Å². The lowest BCUT2D eigenvalue weighted by Crippen LogP contribution is -2.42. The van der Waals surface area contributed by atoms with Gasteiger partial charge >= 0.3 is 0 Å². The third-order valence-corrected chi connectivity index (χ3v) is 7.85. The number of aromatic nitrogens is 1. The van der Waals surface area contributed by atoms with E-state index in [0.29, 0.717) is 27.9 Å². The van der Waals surface area contributed by atoms with Gasteiger partial charge in [-0.2, -0.15) is 0 Å². The standard InChI is InChI=1S/C27H26FN3O3S/c1-27(2,17-6-5-7-18(14-17)31-10-12-35(34)13-11-31)30-26(33)20-16-24-21(15-22(20)28)25(32)19-8-3-4-9-23(19)29-24/h3-9,14-16H,10-13H2,1-2H3,(H,29,32)(H,30,33). The topological polar surface area (TPSA) is 82.3 Å². The van der Waals surface area contributed by atoms with Crippen LogP contribution in [0.5, 0.6) is 0 Å². The molecule has 180 valence electrons. The molecule has 0 aliphatic carbocycles. The van der Waals surface area contributed by atoms with E-state index < -0.39 is 28.1 Å². The van der Waals surface area contributed by atoms with Crippen LogP contribution in [0.25, 0.3) is 21.8 Å². The van der Waals surface area contributed by atoms with Crippen molar-refractivity contribution in [1.29, 1.82) is 0 Å². The minimum Gasteiger partial charge on any atom is -0.370 e. The number of fused-ring (bicyclic) bond motifs is 2. The monoisotopic (exact) mass is 491 g/mol. The quantitative estimate of drug-likeness (QED) is 0.422. The first kappa shape index (κ1) is 23.2. The molecule has 0 spiro atoms. The summed E-state index contributed by atoms with van der Waals surface area (Å²) in [6, 6.07) is 17.4. The summed E-state index contributed by atoms with van der Waals surface area (Å²) in [6.45, 7) is 5.17. The lowest BCUT2D eigenvalue weighted by atomic mass is 9.93. The van der Waals surface area contributed by atoms with Crippen LogP contribution in [0.1, 0.15) is 29.8 Å². The molecule has 1 saturated heterocycles. The van der Waals surface area contributed by atoms with Gasteiger partial charge in [0.25, 0.3) is 5.91 Å². The Hall–Kier alpha value is -3.52. The molecule has 1 aromatic heterocycles. The highest BCUT2D eigenvalue weighted by atomic mass is 32.2. The smallest absolute Gasteiger partial charge is 0.255 e. The van der Waals surface area contributed by atoms with Gasteiger partial charge in [-0.05, 0) is 55.8 Å². The molecule has 3 aromatic carbocycles. The number of nitrogens with one attached hydrogen (secondary N) is 2. The molecule has 0 bridgehead atoms. The Balaban J connectivity index is 1.44. The highest BCUT2D eigenvalue weighted by Gasteiger charge is 2.27. The van der Waals surface area contributed by atoms with Crippen molar-refractivity contribution in [1.82, 2.24) is 10.3 Å². The third-order valence-electron chi connectivity index (χ3n) is 6.57. The Morgan fingerprint density at radius 1 is 1.00 bits per heavy atom. The molecular formula is C27H26FN3O3S. The number of carbonyl (C=O) groups is 1. The minimum absolute atomic E-state index is 0.133. The summed E-state index contributed by atoms with van der Waals surface area (Å²) < 4.78 is 26.7. The van der Waals surface area contributed by atoms with E-state index in [1.54, 1.807) is 24.3 Å². The van der Waals surface area contributed by atoms with Gasteiger partial charge in [0.1, 0.15) is 5.82 Å². The highest BCUT2D eigenvalue weighted by Crippen LogP contribution is 2.27. The van der Waals surface area contributed by atoms with Crippen molar-refractivity contribution in [3.8, 4) is 0 Å². The van der Waals surface area contributed by atoms with E-state index >= 15 is 4.39 Å². The van der Waals surface area contributed by atoms with Gasteiger partial charge in [0, 0.05) is 57.4 Å². The number of amides is 1. The zero-order valence-corrected chi connectivity index (χ0v) is 20.4. The molecule has 0 radical (unpaired) electrons. The fourth-order valence-corrected chi connectivity index (χ4v) is 5.58. The predicted molar refractivity (Wildman–Crippen MR) is 139 cm³/mol. The fourth-order valence-electron chi connectivity index (χ4n) is 4.53. The number of nitrogens with zero attached hydrogens (tertiary/aromatic N) is 1. The molecule has 5 rings (SSSR count). The summed E-state index contributed by atoms with van der Waals surface area (Å²) in [4.78, 5) is 31.3. The van der Waals surface area contributed by atoms with Gasteiger partial charge < -0.3 is 15.2 Å². The molecule has 2 N–H and O–H groups in total. The number of halogens is 1. The van der Waals surface area contributed by atoms with E-state index in [1.165, 1.54) is 6.07 Å². The van der Waals surface area contributed by atoms with Gasteiger partial charge in [0.05, 0.1) is 16.6 Å². The first-order chi connectivity index (χ1) is 16.7. The molecule has 1 fully saturated rings. The van der Waals surface area contributed by atoms with E-state index in [4.69, 9.17) is 0 Å². The van der Waals surface area contributed by atoms with Crippen molar-refractivity contribution in [2.75, 3.05) is 29.5 Å². The van der Waals surface area contributed by atoms with Crippen LogP contribution < -0.4 is 15.6 Å². The second-order valence-electron chi connectivity index (χ2n) is 9.34. The lowest BCUT2D eigenvalue weighted by molar-refractivity contribution is 0.0908. The number of benzene rings is 3. The van der Waals surface area contributed by atoms with Crippen molar-refractivity contribution in [2.45, 2.75) is 19.4 Å². The zero-order valence-electron chi connectivity index (χ0n) is 19.6. The predicted octanol–water partition coefficient (Wildman–Crippen LogP) is 4.05. The molecule has 4 aromatic rings. The van der Waals surface area contributed by atoms with Crippen LogP contribution in [-0.2, 0) is 16.3 Å². The maximum atomic E-state index is 15.0. The van der Waals surface area contributed by atoms with Crippen molar-refractivity contribution in [2.24, 2.45) is 0 Å². The lowest BCUT2D eigenvalue weighted by Gasteiger charge is -2.31. The summed E-state index contributed by atoms with van der Waals surface area (Å²) in [5.41, 5.74) is 1.71. The van der Waals surface area contributed by atoms with Gasteiger partial charge in [-0.1, -0.05) is 24.3 Å². The normalized spacial score (nSPS) is 15.0. The number of H-pyrrole nitrogens is 1. The summed E-state index contributed by atoms with van der Waals surface area (Å²) >= 11 is 0. The van der Waals surface area contributed by atoms with Crippen molar-refractivity contribution < 1.29 is 13.4 Å². The van der Waals surface area contributed by atoms with Gasteiger partial charge in [0.2, 0.25) is 0 Å². The second-order valence-corrected chi connectivity index (χ2v) is 11.0. The van der Waals surface area contributed by atoms with E-state index in [9.17, 15) is 13.8 Å². The number of aromatic amines is 1. The Bertz CT molecular complexity index is 1540. The first-order valence-electron chi connectivity index (χ1n) is 11.5. The molecule has 0 atom stereocenters. The fraction of sp³-hybridized carbons (Fsp3) is 0.259. The number of hydrogen-bond acceptors (Lipinski definition) is 4. The third kappa shape index (κ3) is 4.46. The Morgan fingerprint density at radius 3 is 2.51 bits per heavy atom. The van der Waals surface area contributed by atoms with Crippen LogP contribution in [0.15, 0.2) is 65.5 Å². The minimum atomic E-state index is -0.788. The van der Waals surface area contributed by atoms with Crippen molar-refractivity contribution >= 4 is 44.2 Å². The number of anilines is 1. The van der Waals surface area contributed by atoms with Crippen LogP contribution in [0, 0.1) is 5.82 Å². The van der Waals surface area contributed by atoms with Crippen LogP contribution in [0.4, 0.5) is 10.1 Å². The SMILES string of the molecule is CC(C)(NC(=O)c1cc2[nH]c3ccccc3c(=O)c2cc1F)c1cccc(N2CCS(=O)CC2)c1. The molecule has 2 heterocycles. The van der Waals surface area contributed by atoms with Gasteiger partial charge in [-0.15, -0.1) is 0 Å². The Kier molecular flexibility index (Phi) is 5.92. The number of rotatable bonds is 4. The summed E-state index contributed by atoms with van der Waals surface area (Å²) in [5, 5.41) is 3.62. The van der Waals surface area contributed by atoms with Crippen LogP contribution >= 0.6 is 0 Å².